The highest BCUT2D eigenvalue weighted by Gasteiger charge is 2.30. The number of nitrogens with two attached hydrogens (primary N) is 1. The van der Waals surface area contributed by atoms with Gasteiger partial charge < -0.3 is 15.4 Å². The van der Waals surface area contributed by atoms with Gasteiger partial charge >= 0.3 is 0 Å². The number of carbonyl (C=O) groups is 1. The van der Waals surface area contributed by atoms with Crippen LogP contribution >= 0.6 is 0 Å². The van der Waals surface area contributed by atoms with Crippen molar-refractivity contribution in [3.63, 3.8) is 0 Å². The van der Waals surface area contributed by atoms with Crippen LogP contribution in [0.25, 0.3) is 0 Å². The number of likely N-dealkylation sites (tertiary alicyclic amines) is 1. The molecule has 3 rings (SSSR count). The van der Waals surface area contributed by atoms with Crippen LogP contribution in [0, 0.1) is 0 Å². The van der Waals surface area contributed by atoms with E-state index in [1.807, 2.05) is 42.2 Å². The normalized spacial score (nSPS) is 18.9. The molecule has 1 aliphatic heterocycles. The second-order valence-corrected chi connectivity index (χ2v) is 6.21. The molecule has 1 amide bonds. The summed E-state index contributed by atoms with van der Waals surface area (Å²) < 4.78 is 5.80. The van der Waals surface area contributed by atoms with E-state index in [2.05, 4.69) is 4.98 Å². The molecule has 0 unspecified atom stereocenters. The summed E-state index contributed by atoms with van der Waals surface area (Å²) in [4.78, 5) is 19.0. The lowest BCUT2D eigenvalue weighted by molar-refractivity contribution is 0.0577. The number of hydrogen-bond donors (Lipinski definition) is 1. The van der Waals surface area contributed by atoms with Crippen molar-refractivity contribution in [2.45, 2.75) is 38.3 Å². The molecule has 2 N–H and O–H groups in total. The van der Waals surface area contributed by atoms with Gasteiger partial charge in [0, 0.05) is 30.9 Å². The van der Waals surface area contributed by atoms with E-state index in [1.54, 1.807) is 18.3 Å². The van der Waals surface area contributed by atoms with Gasteiger partial charge in [0.05, 0.1) is 0 Å². The molecule has 2 heterocycles. The van der Waals surface area contributed by atoms with Gasteiger partial charge in [-0.25, -0.2) is 0 Å². The molecule has 0 radical (unpaired) electrons. The number of pyridine rings is 1. The second-order valence-electron chi connectivity index (χ2n) is 6.21. The van der Waals surface area contributed by atoms with Crippen molar-refractivity contribution < 1.29 is 9.53 Å². The molecule has 0 aliphatic carbocycles. The molecule has 126 valence electrons. The summed E-state index contributed by atoms with van der Waals surface area (Å²) in [6, 6.07) is 13.0. The van der Waals surface area contributed by atoms with E-state index >= 15 is 0 Å². The van der Waals surface area contributed by atoms with Gasteiger partial charge in [0.2, 0.25) is 0 Å². The van der Waals surface area contributed by atoms with Crippen LogP contribution < -0.4 is 10.5 Å². The van der Waals surface area contributed by atoms with Crippen molar-refractivity contribution in [1.29, 1.82) is 0 Å². The van der Waals surface area contributed by atoms with Gasteiger partial charge in [0.15, 0.2) is 0 Å². The molecule has 2 aromatic rings. The Morgan fingerprint density at radius 1 is 1.25 bits per heavy atom. The number of hydrogen-bond acceptors (Lipinski definition) is 4. The Labute approximate surface area is 142 Å². The molecule has 1 aliphatic rings. The molecule has 5 nitrogen and oxygen atoms in total. The van der Waals surface area contributed by atoms with Crippen LogP contribution in [0.4, 0.5) is 0 Å². The van der Waals surface area contributed by atoms with Crippen LogP contribution in [0.5, 0.6) is 11.5 Å². The van der Waals surface area contributed by atoms with Crippen molar-refractivity contribution in [3.05, 3.63) is 54.4 Å². The fourth-order valence-corrected chi connectivity index (χ4v) is 3.12. The molecule has 1 aromatic heterocycles. The highest BCUT2D eigenvalue weighted by Crippen LogP contribution is 2.24. The summed E-state index contributed by atoms with van der Waals surface area (Å²) in [5.74, 6) is 1.26. The van der Waals surface area contributed by atoms with Crippen LogP contribution in [-0.4, -0.2) is 34.4 Å². The van der Waals surface area contributed by atoms with Crippen molar-refractivity contribution in [2.24, 2.45) is 5.73 Å². The number of carbonyl (C=O) groups excluding carboxylic acids is 1. The Morgan fingerprint density at radius 2 is 2.04 bits per heavy atom. The molecule has 5 heteroatoms. The fourth-order valence-electron chi connectivity index (χ4n) is 3.12. The monoisotopic (exact) mass is 325 g/mol. The zero-order chi connectivity index (χ0) is 16.9. The maximum Gasteiger partial charge on any atom is 0.272 e. The summed E-state index contributed by atoms with van der Waals surface area (Å²) in [5, 5.41) is 0. The molecule has 1 fully saturated rings. The van der Waals surface area contributed by atoms with Crippen LogP contribution in [0.1, 0.15) is 36.7 Å². The maximum absolute atomic E-state index is 12.9. The summed E-state index contributed by atoms with van der Waals surface area (Å²) in [7, 11) is 0. The number of amides is 1. The number of para-hydroxylation sites is 1. The highest BCUT2D eigenvalue weighted by atomic mass is 16.5. The van der Waals surface area contributed by atoms with E-state index in [9.17, 15) is 4.79 Å². The number of aromatic nitrogens is 1. The molecular formula is C19H23N3O2. The number of nitrogens with zero attached hydrogens (tertiary/aromatic N) is 2. The third-order valence-electron chi connectivity index (χ3n) is 4.35. The van der Waals surface area contributed by atoms with Gasteiger partial charge in [0.25, 0.3) is 5.91 Å². The van der Waals surface area contributed by atoms with Gasteiger partial charge in [-0.3, -0.25) is 9.78 Å². The molecular weight excluding hydrogens is 302 g/mol. The number of piperidine rings is 1. The largest absolute Gasteiger partial charge is 0.457 e. The number of ether oxygens (including phenoxy) is 1. The lowest BCUT2D eigenvalue weighted by atomic mass is 9.96. The molecule has 1 saturated heterocycles. The molecule has 1 aromatic carbocycles. The SMILES string of the molecule is C[C@H](N)[C@H]1CCCCN1C(=O)c1cc(Oc2ccccc2)ccn1. The van der Waals surface area contributed by atoms with Crippen LogP contribution in [0.2, 0.25) is 0 Å². The summed E-state index contributed by atoms with van der Waals surface area (Å²) in [6.45, 7) is 2.69. The first-order valence-electron chi connectivity index (χ1n) is 8.40. The van der Waals surface area contributed by atoms with Gasteiger partial charge in [-0.2, -0.15) is 0 Å². The topological polar surface area (TPSA) is 68.5 Å². The highest BCUT2D eigenvalue weighted by molar-refractivity contribution is 5.93. The second kappa shape index (κ2) is 7.45. The van der Waals surface area contributed by atoms with E-state index in [1.165, 1.54) is 0 Å². The lowest BCUT2D eigenvalue weighted by Crippen LogP contribution is -2.51. The molecule has 0 bridgehead atoms. The van der Waals surface area contributed by atoms with E-state index in [-0.39, 0.29) is 18.0 Å². The Bertz CT molecular complexity index is 688. The Kier molecular flexibility index (Phi) is 5.11. The minimum atomic E-state index is -0.0736. The predicted molar refractivity (Wildman–Crippen MR) is 93.1 cm³/mol. The Morgan fingerprint density at radius 3 is 2.79 bits per heavy atom. The maximum atomic E-state index is 12.9. The summed E-state index contributed by atoms with van der Waals surface area (Å²) in [5.41, 5.74) is 6.47. The van der Waals surface area contributed by atoms with E-state index in [0.29, 0.717) is 11.4 Å². The first kappa shape index (κ1) is 16.5. The van der Waals surface area contributed by atoms with Crippen molar-refractivity contribution in [3.8, 4) is 11.5 Å². The average molecular weight is 325 g/mol. The molecule has 2 atom stereocenters. The van der Waals surface area contributed by atoms with E-state index < -0.39 is 0 Å². The van der Waals surface area contributed by atoms with Crippen molar-refractivity contribution >= 4 is 5.91 Å². The summed E-state index contributed by atoms with van der Waals surface area (Å²) in [6.07, 6.45) is 4.68. The van der Waals surface area contributed by atoms with E-state index in [0.717, 1.165) is 31.6 Å². The lowest BCUT2D eigenvalue weighted by Gasteiger charge is -2.37. The first-order chi connectivity index (χ1) is 11.6. The number of benzene rings is 1. The predicted octanol–water partition coefficient (Wildman–Crippen LogP) is 3.22. The molecule has 24 heavy (non-hydrogen) atoms. The summed E-state index contributed by atoms with van der Waals surface area (Å²) >= 11 is 0. The fraction of sp³-hybridized carbons (Fsp3) is 0.368. The minimum Gasteiger partial charge on any atom is -0.457 e. The van der Waals surface area contributed by atoms with Crippen LogP contribution in [0.15, 0.2) is 48.7 Å². The van der Waals surface area contributed by atoms with Crippen molar-refractivity contribution in [2.75, 3.05) is 6.54 Å². The first-order valence-corrected chi connectivity index (χ1v) is 8.40. The van der Waals surface area contributed by atoms with Gasteiger partial charge in [0.1, 0.15) is 17.2 Å². The Hall–Kier alpha value is -2.40. The van der Waals surface area contributed by atoms with Crippen molar-refractivity contribution in [1.82, 2.24) is 9.88 Å². The van der Waals surface area contributed by atoms with E-state index in [4.69, 9.17) is 10.5 Å². The minimum absolute atomic E-state index is 0.0435. The van der Waals surface area contributed by atoms with Gasteiger partial charge in [-0.1, -0.05) is 18.2 Å². The van der Waals surface area contributed by atoms with Crippen LogP contribution in [0.3, 0.4) is 0 Å². The third kappa shape index (κ3) is 3.74. The zero-order valence-electron chi connectivity index (χ0n) is 13.9. The smallest absolute Gasteiger partial charge is 0.272 e. The average Bonchev–Trinajstić information content (AvgIpc) is 2.62. The molecule has 0 saturated carbocycles. The third-order valence-corrected chi connectivity index (χ3v) is 4.35. The zero-order valence-corrected chi connectivity index (χ0v) is 13.9. The van der Waals surface area contributed by atoms with Gasteiger partial charge in [-0.05, 0) is 44.4 Å². The standard InChI is InChI=1S/C19H23N3O2/c1-14(20)18-9-5-6-12-22(18)19(23)17-13-16(10-11-21-17)24-15-7-3-2-4-8-15/h2-4,7-8,10-11,13-14,18H,5-6,9,12,20H2,1H3/t14-,18+/m0/s1. The van der Waals surface area contributed by atoms with Crippen LogP contribution in [-0.2, 0) is 0 Å². The Balaban J connectivity index is 1.78. The quantitative estimate of drug-likeness (QED) is 0.937. The van der Waals surface area contributed by atoms with Gasteiger partial charge in [-0.15, -0.1) is 0 Å². The molecule has 0 spiro atoms. The number of rotatable bonds is 4.